The number of furan rings is 1. The lowest BCUT2D eigenvalue weighted by atomic mass is 9.90. The standard InChI is InChI=1S/C17H14BrNO4/c1-19-15-7-4-11(18)9-14(15)17(22,16(19)21)10-12(20)5-6-13-3-2-8-23-13/h2-9,22H,10H2,1H3/b6-5+/t17-/m1/s1. The Morgan fingerprint density at radius 1 is 1.43 bits per heavy atom. The van der Waals surface area contributed by atoms with Crippen molar-refractivity contribution in [2.75, 3.05) is 11.9 Å². The van der Waals surface area contributed by atoms with Gasteiger partial charge in [0, 0.05) is 17.1 Å². The number of halogens is 1. The zero-order valence-corrected chi connectivity index (χ0v) is 13.9. The van der Waals surface area contributed by atoms with E-state index in [0.29, 0.717) is 17.0 Å². The molecule has 3 rings (SSSR count). The number of rotatable bonds is 4. The molecule has 2 aromatic rings. The first kappa shape index (κ1) is 15.7. The maximum atomic E-state index is 12.4. The maximum Gasteiger partial charge on any atom is 0.263 e. The van der Waals surface area contributed by atoms with Crippen LogP contribution in [0.3, 0.4) is 0 Å². The highest BCUT2D eigenvalue weighted by Crippen LogP contribution is 2.42. The molecule has 0 saturated heterocycles. The summed E-state index contributed by atoms with van der Waals surface area (Å²) in [4.78, 5) is 26.0. The number of nitrogens with zero attached hydrogens (tertiary/aromatic N) is 1. The second-order valence-corrected chi connectivity index (χ2v) is 6.29. The minimum Gasteiger partial charge on any atom is -0.465 e. The molecular formula is C17H14BrNO4. The van der Waals surface area contributed by atoms with Crippen LogP contribution in [-0.2, 0) is 15.2 Å². The number of hydrogen-bond acceptors (Lipinski definition) is 4. The minimum absolute atomic E-state index is 0.323. The number of hydrogen-bond donors (Lipinski definition) is 1. The van der Waals surface area contributed by atoms with Crippen molar-refractivity contribution in [1.29, 1.82) is 0 Å². The second-order valence-electron chi connectivity index (χ2n) is 5.38. The molecule has 0 bridgehead atoms. The Balaban J connectivity index is 1.88. The number of aliphatic hydroxyl groups is 1. The molecule has 1 aliphatic heterocycles. The van der Waals surface area contributed by atoms with Crippen LogP contribution in [0.1, 0.15) is 17.7 Å². The maximum absolute atomic E-state index is 12.4. The molecule has 1 aromatic carbocycles. The molecule has 23 heavy (non-hydrogen) atoms. The summed E-state index contributed by atoms with van der Waals surface area (Å²) in [5.41, 5.74) is -0.819. The van der Waals surface area contributed by atoms with Gasteiger partial charge in [0.25, 0.3) is 5.91 Å². The highest BCUT2D eigenvalue weighted by molar-refractivity contribution is 9.10. The van der Waals surface area contributed by atoms with Crippen molar-refractivity contribution in [2.24, 2.45) is 0 Å². The molecule has 0 radical (unpaired) electrons. The molecule has 1 aliphatic rings. The average Bonchev–Trinajstić information content (AvgIpc) is 3.09. The van der Waals surface area contributed by atoms with Gasteiger partial charge >= 0.3 is 0 Å². The number of fused-ring (bicyclic) bond motifs is 1. The fourth-order valence-electron chi connectivity index (χ4n) is 2.68. The van der Waals surface area contributed by atoms with Crippen molar-refractivity contribution < 1.29 is 19.1 Å². The van der Waals surface area contributed by atoms with Gasteiger partial charge in [-0.2, -0.15) is 0 Å². The van der Waals surface area contributed by atoms with Crippen LogP contribution in [-0.4, -0.2) is 23.8 Å². The van der Waals surface area contributed by atoms with Crippen LogP contribution in [0.15, 0.2) is 51.6 Å². The van der Waals surface area contributed by atoms with E-state index in [1.807, 2.05) is 0 Å². The van der Waals surface area contributed by atoms with E-state index < -0.39 is 11.5 Å². The summed E-state index contributed by atoms with van der Waals surface area (Å²) in [5, 5.41) is 10.8. The second kappa shape index (κ2) is 5.79. The number of likely N-dealkylation sites (N-methyl/N-ethyl adjacent to an activating group) is 1. The molecule has 0 aliphatic carbocycles. The molecule has 1 amide bonds. The van der Waals surface area contributed by atoms with Gasteiger partial charge in [-0.05, 0) is 42.5 Å². The van der Waals surface area contributed by atoms with Crippen molar-refractivity contribution in [3.63, 3.8) is 0 Å². The Hall–Kier alpha value is -2.18. The van der Waals surface area contributed by atoms with Crippen LogP contribution < -0.4 is 4.90 Å². The van der Waals surface area contributed by atoms with Crippen LogP contribution in [0, 0.1) is 0 Å². The lowest BCUT2D eigenvalue weighted by molar-refractivity contribution is -0.140. The largest absolute Gasteiger partial charge is 0.465 e. The molecule has 0 spiro atoms. The van der Waals surface area contributed by atoms with Gasteiger partial charge in [0.15, 0.2) is 11.4 Å². The fraction of sp³-hybridized carbons (Fsp3) is 0.176. The monoisotopic (exact) mass is 375 g/mol. The summed E-state index contributed by atoms with van der Waals surface area (Å²) in [6, 6.07) is 8.60. The van der Waals surface area contributed by atoms with E-state index in [1.54, 1.807) is 37.4 Å². The van der Waals surface area contributed by atoms with Crippen LogP contribution in [0.4, 0.5) is 5.69 Å². The van der Waals surface area contributed by atoms with Gasteiger partial charge in [0.05, 0.1) is 18.4 Å². The van der Waals surface area contributed by atoms with Crippen molar-refractivity contribution in [1.82, 2.24) is 0 Å². The van der Waals surface area contributed by atoms with Crippen LogP contribution in [0.2, 0.25) is 0 Å². The first-order valence-corrected chi connectivity index (χ1v) is 7.76. The van der Waals surface area contributed by atoms with Gasteiger partial charge in [-0.25, -0.2) is 0 Å². The summed E-state index contributed by atoms with van der Waals surface area (Å²) in [7, 11) is 1.58. The summed E-state index contributed by atoms with van der Waals surface area (Å²) >= 11 is 3.33. The van der Waals surface area contributed by atoms with E-state index in [0.717, 1.165) is 4.47 Å². The summed E-state index contributed by atoms with van der Waals surface area (Å²) in [5.74, 6) is -0.341. The zero-order valence-electron chi connectivity index (χ0n) is 12.3. The number of carbonyl (C=O) groups is 2. The Morgan fingerprint density at radius 2 is 2.22 bits per heavy atom. The molecular weight excluding hydrogens is 362 g/mol. The Labute approximate surface area is 141 Å². The third-order valence-corrected chi connectivity index (χ3v) is 4.32. The molecule has 0 unspecified atom stereocenters. The van der Waals surface area contributed by atoms with E-state index in [1.165, 1.54) is 23.3 Å². The number of anilines is 1. The Morgan fingerprint density at radius 3 is 2.91 bits per heavy atom. The van der Waals surface area contributed by atoms with Crippen molar-refractivity contribution >= 4 is 39.4 Å². The lowest BCUT2D eigenvalue weighted by Crippen LogP contribution is -2.40. The van der Waals surface area contributed by atoms with Gasteiger partial charge in [0.1, 0.15) is 5.76 Å². The lowest BCUT2D eigenvalue weighted by Gasteiger charge is -2.20. The fourth-order valence-corrected chi connectivity index (χ4v) is 3.04. The molecule has 0 saturated carbocycles. The third-order valence-electron chi connectivity index (χ3n) is 3.83. The SMILES string of the molecule is CN1C(=O)[C@@](O)(CC(=O)/C=C/c2ccco2)c2cc(Br)ccc21. The predicted octanol–water partition coefficient (Wildman–Crippen LogP) is 2.88. The number of benzene rings is 1. The van der Waals surface area contributed by atoms with Gasteiger partial charge < -0.3 is 14.4 Å². The molecule has 1 N–H and O–H groups in total. The van der Waals surface area contributed by atoms with Gasteiger partial charge in [-0.3, -0.25) is 9.59 Å². The Bertz CT molecular complexity index is 797. The van der Waals surface area contributed by atoms with Gasteiger partial charge in [0.2, 0.25) is 0 Å². The summed E-state index contributed by atoms with van der Waals surface area (Å²) in [6.07, 6.45) is 3.99. The number of carbonyl (C=O) groups excluding carboxylic acids is 2. The number of amides is 1. The number of allylic oxidation sites excluding steroid dienone is 1. The van der Waals surface area contributed by atoms with Gasteiger partial charge in [-0.15, -0.1) is 0 Å². The molecule has 1 aromatic heterocycles. The average molecular weight is 376 g/mol. The number of ketones is 1. The normalized spacial score (nSPS) is 20.3. The molecule has 0 fully saturated rings. The van der Waals surface area contributed by atoms with E-state index in [-0.39, 0.29) is 12.2 Å². The van der Waals surface area contributed by atoms with Gasteiger partial charge in [-0.1, -0.05) is 15.9 Å². The summed E-state index contributed by atoms with van der Waals surface area (Å²) in [6.45, 7) is 0. The van der Waals surface area contributed by atoms with Crippen molar-refractivity contribution in [3.05, 3.63) is 58.5 Å². The first-order chi connectivity index (χ1) is 10.9. The minimum atomic E-state index is -1.85. The van der Waals surface area contributed by atoms with E-state index in [4.69, 9.17) is 4.42 Å². The molecule has 6 heteroatoms. The van der Waals surface area contributed by atoms with Crippen molar-refractivity contribution in [2.45, 2.75) is 12.0 Å². The quantitative estimate of drug-likeness (QED) is 0.834. The topological polar surface area (TPSA) is 70.8 Å². The Kier molecular flexibility index (Phi) is 3.95. The highest BCUT2D eigenvalue weighted by atomic mass is 79.9. The third kappa shape index (κ3) is 2.75. The van der Waals surface area contributed by atoms with E-state index >= 15 is 0 Å². The van der Waals surface area contributed by atoms with Crippen molar-refractivity contribution in [3.8, 4) is 0 Å². The van der Waals surface area contributed by atoms with Crippen LogP contribution in [0.25, 0.3) is 6.08 Å². The summed E-state index contributed by atoms with van der Waals surface area (Å²) < 4.78 is 5.84. The first-order valence-electron chi connectivity index (χ1n) is 6.97. The predicted molar refractivity (Wildman–Crippen MR) is 88.8 cm³/mol. The molecule has 1 atom stereocenters. The van der Waals surface area contributed by atoms with E-state index in [9.17, 15) is 14.7 Å². The highest BCUT2D eigenvalue weighted by Gasteiger charge is 2.49. The molecule has 5 nitrogen and oxygen atoms in total. The zero-order chi connectivity index (χ0) is 16.6. The van der Waals surface area contributed by atoms with Crippen LogP contribution >= 0.6 is 15.9 Å². The smallest absolute Gasteiger partial charge is 0.263 e. The molecule has 118 valence electrons. The van der Waals surface area contributed by atoms with Crippen LogP contribution in [0.5, 0.6) is 0 Å². The van der Waals surface area contributed by atoms with E-state index in [2.05, 4.69) is 15.9 Å². The molecule has 2 heterocycles.